The number of hydrogen-bond acceptors (Lipinski definition) is 5. The molecule has 0 radical (unpaired) electrons. The fourth-order valence-corrected chi connectivity index (χ4v) is 3.67. The van der Waals surface area contributed by atoms with Gasteiger partial charge in [-0.2, -0.15) is 0 Å². The molecule has 0 spiro atoms. The molecule has 1 aliphatic rings. The van der Waals surface area contributed by atoms with Crippen LogP contribution in [0, 0.1) is 13.8 Å². The van der Waals surface area contributed by atoms with Gasteiger partial charge in [0.2, 0.25) is 0 Å². The van der Waals surface area contributed by atoms with Crippen LogP contribution in [-0.2, 0) is 13.0 Å². The van der Waals surface area contributed by atoms with Crippen LogP contribution in [-0.4, -0.2) is 51.8 Å². The van der Waals surface area contributed by atoms with E-state index in [1.54, 1.807) is 12.0 Å². The molecule has 28 heavy (non-hydrogen) atoms. The molecule has 2 amide bonds. The number of aryl methyl sites for hydroxylation is 2. The summed E-state index contributed by atoms with van der Waals surface area (Å²) in [6.45, 7) is 5.14. The molecular weight excluding hydrogens is 356 g/mol. The number of methoxy groups -OCH3 is 1. The van der Waals surface area contributed by atoms with Gasteiger partial charge in [-0.05, 0) is 44.4 Å². The van der Waals surface area contributed by atoms with Crippen LogP contribution in [0.25, 0.3) is 0 Å². The molecular formula is C21H28N4O3. The zero-order chi connectivity index (χ0) is 20.1. The second-order valence-corrected chi connectivity index (χ2v) is 7.41. The molecule has 7 heteroatoms. The van der Waals surface area contributed by atoms with E-state index in [9.17, 15) is 9.90 Å². The number of likely N-dealkylation sites (tertiary alicyclic amines) is 1. The average Bonchev–Trinajstić information content (AvgIpc) is 2.66. The number of nitrogens with zero attached hydrogens (tertiary/aromatic N) is 3. The van der Waals surface area contributed by atoms with E-state index in [-0.39, 0.29) is 6.03 Å². The Bertz CT molecular complexity index is 812. The first-order chi connectivity index (χ1) is 13.4. The molecule has 1 aliphatic heterocycles. The molecule has 2 heterocycles. The molecule has 1 fully saturated rings. The molecule has 0 atom stereocenters. The van der Waals surface area contributed by atoms with E-state index in [0.29, 0.717) is 44.7 Å². The first-order valence-electron chi connectivity index (χ1n) is 9.57. The van der Waals surface area contributed by atoms with Gasteiger partial charge in [-0.25, -0.2) is 14.8 Å². The maximum absolute atomic E-state index is 12.5. The Morgan fingerprint density at radius 3 is 2.64 bits per heavy atom. The van der Waals surface area contributed by atoms with Crippen LogP contribution >= 0.6 is 0 Å². The Hall–Kier alpha value is -2.67. The third kappa shape index (κ3) is 4.98. The summed E-state index contributed by atoms with van der Waals surface area (Å²) in [4.78, 5) is 22.8. The molecule has 1 saturated heterocycles. The maximum Gasteiger partial charge on any atom is 0.317 e. The lowest BCUT2D eigenvalue weighted by Gasteiger charge is -2.38. The van der Waals surface area contributed by atoms with E-state index in [2.05, 4.69) is 15.3 Å². The highest BCUT2D eigenvalue weighted by atomic mass is 16.5. The molecule has 0 aliphatic carbocycles. The largest absolute Gasteiger partial charge is 0.496 e. The van der Waals surface area contributed by atoms with Crippen molar-refractivity contribution in [2.45, 2.75) is 45.3 Å². The second kappa shape index (κ2) is 8.56. The van der Waals surface area contributed by atoms with Crippen molar-refractivity contribution in [3.8, 4) is 5.75 Å². The predicted octanol–water partition coefficient (Wildman–Crippen LogP) is 2.38. The van der Waals surface area contributed by atoms with Gasteiger partial charge in [0.05, 0.1) is 24.9 Å². The van der Waals surface area contributed by atoms with Crippen molar-refractivity contribution in [2.75, 3.05) is 20.2 Å². The van der Waals surface area contributed by atoms with E-state index in [1.165, 1.54) is 0 Å². The van der Waals surface area contributed by atoms with Crippen LogP contribution in [0.15, 0.2) is 30.3 Å². The van der Waals surface area contributed by atoms with Gasteiger partial charge in [-0.3, -0.25) is 0 Å². The molecule has 0 bridgehead atoms. The number of benzene rings is 1. The molecule has 1 aromatic heterocycles. The third-order valence-corrected chi connectivity index (χ3v) is 5.13. The first-order valence-corrected chi connectivity index (χ1v) is 9.57. The fraction of sp³-hybridized carbons (Fsp3) is 0.476. The summed E-state index contributed by atoms with van der Waals surface area (Å²) in [6, 6.07) is 9.48. The van der Waals surface area contributed by atoms with Gasteiger partial charge in [-0.15, -0.1) is 0 Å². The number of aliphatic hydroxyl groups is 1. The molecule has 2 N–H and O–H groups in total. The number of nitrogens with one attached hydrogen (secondary N) is 1. The van der Waals surface area contributed by atoms with Crippen molar-refractivity contribution in [1.29, 1.82) is 0 Å². The highest BCUT2D eigenvalue weighted by Crippen LogP contribution is 2.30. The zero-order valence-corrected chi connectivity index (χ0v) is 16.7. The van der Waals surface area contributed by atoms with Crippen LogP contribution in [0.4, 0.5) is 4.79 Å². The Morgan fingerprint density at radius 1 is 1.25 bits per heavy atom. The summed E-state index contributed by atoms with van der Waals surface area (Å²) >= 11 is 0. The monoisotopic (exact) mass is 384 g/mol. The van der Waals surface area contributed by atoms with Gasteiger partial charge in [-0.1, -0.05) is 18.2 Å². The fourth-order valence-electron chi connectivity index (χ4n) is 3.67. The number of aromatic nitrogens is 2. The molecule has 1 aromatic carbocycles. The molecule has 0 saturated carbocycles. The second-order valence-electron chi connectivity index (χ2n) is 7.41. The summed E-state index contributed by atoms with van der Waals surface area (Å²) < 4.78 is 5.39. The van der Waals surface area contributed by atoms with Gasteiger partial charge in [0.1, 0.15) is 11.6 Å². The first kappa shape index (κ1) is 20.1. The Morgan fingerprint density at radius 2 is 1.96 bits per heavy atom. The normalized spacial score (nSPS) is 15.9. The Kier molecular flexibility index (Phi) is 6.14. The van der Waals surface area contributed by atoms with Gasteiger partial charge in [0.15, 0.2) is 0 Å². The lowest BCUT2D eigenvalue weighted by atomic mass is 9.85. The van der Waals surface area contributed by atoms with Gasteiger partial charge >= 0.3 is 6.03 Å². The SMILES string of the molecule is COc1ccccc1CC1(O)CCN(C(=O)NCc2cc(C)nc(C)n2)CC1. The van der Waals surface area contributed by atoms with E-state index in [4.69, 9.17) is 4.74 Å². The summed E-state index contributed by atoms with van der Waals surface area (Å²) in [7, 11) is 1.64. The molecule has 0 unspecified atom stereocenters. The van der Waals surface area contributed by atoms with Crippen molar-refractivity contribution in [3.05, 3.63) is 53.1 Å². The van der Waals surface area contributed by atoms with Crippen LogP contribution in [0.2, 0.25) is 0 Å². The summed E-state index contributed by atoms with van der Waals surface area (Å²) in [5.41, 5.74) is 1.84. The number of urea groups is 1. The lowest BCUT2D eigenvalue weighted by Crippen LogP contribution is -2.50. The highest BCUT2D eigenvalue weighted by Gasteiger charge is 2.34. The average molecular weight is 384 g/mol. The van der Waals surface area contributed by atoms with E-state index in [0.717, 1.165) is 22.7 Å². The van der Waals surface area contributed by atoms with Crippen molar-refractivity contribution >= 4 is 6.03 Å². The molecule has 7 nitrogen and oxygen atoms in total. The minimum absolute atomic E-state index is 0.131. The quantitative estimate of drug-likeness (QED) is 0.826. The lowest BCUT2D eigenvalue weighted by molar-refractivity contribution is -0.0120. The molecule has 150 valence electrons. The standard InChI is InChI=1S/C21H28N4O3/c1-15-12-18(24-16(2)23-15)14-22-20(26)25-10-8-21(27,9-11-25)13-17-6-4-5-7-19(17)28-3/h4-7,12,27H,8-11,13-14H2,1-3H3,(H,22,26). The van der Waals surface area contributed by atoms with Crippen molar-refractivity contribution in [2.24, 2.45) is 0 Å². The topological polar surface area (TPSA) is 87.6 Å². The van der Waals surface area contributed by atoms with Gasteiger partial charge < -0.3 is 20.1 Å². The van der Waals surface area contributed by atoms with Crippen LogP contribution in [0.3, 0.4) is 0 Å². The van der Waals surface area contributed by atoms with E-state index < -0.39 is 5.60 Å². The summed E-state index contributed by atoms with van der Waals surface area (Å²) in [6.07, 6.45) is 1.58. The Labute approximate surface area is 165 Å². The zero-order valence-electron chi connectivity index (χ0n) is 16.7. The number of amides is 2. The third-order valence-electron chi connectivity index (χ3n) is 5.13. The number of carbonyl (C=O) groups is 1. The van der Waals surface area contributed by atoms with Crippen LogP contribution in [0.1, 0.15) is 35.6 Å². The maximum atomic E-state index is 12.5. The number of ether oxygens (including phenoxy) is 1. The van der Waals surface area contributed by atoms with Gasteiger partial charge in [0, 0.05) is 25.2 Å². The van der Waals surface area contributed by atoms with Gasteiger partial charge in [0.25, 0.3) is 0 Å². The number of para-hydroxylation sites is 1. The highest BCUT2D eigenvalue weighted by molar-refractivity contribution is 5.74. The number of hydrogen-bond donors (Lipinski definition) is 2. The smallest absolute Gasteiger partial charge is 0.317 e. The van der Waals surface area contributed by atoms with Crippen molar-refractivity contribution < 1.29 is 14.6 Å². The number of piperidine rings is 1. The number of carbonyl (C=O) groups excluding carboxylic acids is 1. The molecule has 3 rings (SSSR count). The minimum atomic E-state index is -0.827. The van der Waals surface area contributed by atoms with Crippen molar-refractivity contribution in [3.63, 3.8) is 0 Å². The molecule has 2 aromatic rings. The van der Waals surface area contributed by atoms with E-state index in [1.807, 2.05) is 44.2 Å². The minimum Gasteiger partial charge on any atom is -0.496 e. The van der Waals surface area contributed by atoms with E-state index >= 15 is 0 Å². The van der Waals surface area contributed by atoms with Crippen LogP contribution < -0.4 is 10.1 Å². The van der Waals surface area contributed by atoms with Crippen LogP contribution in [0.5, 0.6) is 5.75 Å². The number of rotatable bonds is 5. The Balaban J connectivity index is 1.53. The predicted molar refractivity (Wildman–Crippen MR) is 106 cm³/mol. The van der Waals surface area contributed by atoms with Crippen molar-refractivity contribution in [1.82, 2.24) is 20.2 Å². The summed E-state index contributed by atoms with van der Waals surface area (Å²) in [5, 5.41) is 13.9. The summed E-state index contributed by atoms with van der Waals surface area (Å²) in [5.74, 6) is 1.48.